The minimum atomic E-state index is -0.363. The number of hydrogen-bond donors (Lipinski definition) is 1. The summed E-state index contributed by atoms with van der Waals surface area (Å²) in [5, 5.41) is 2.89. The number of fused-ring (bicyclic) bond motifs is 2. The minimum absolute atomic E-state index is 0.0707. The summed E-state index contributed by atoms with van der Waals surface area (Å²) in [5.74, 6) is 1.26. The number of esters is 1. The highest BCUT2D eigenvalue weighted by atomic mass is 19.1. The van der Waals surface area contributed by atoms with E-state index in [2.05, 4.69) is 22.5 Å². The Labute approximate surface area is 217 Å². The van der Waals surface area contributed by atoms with Gasteiger partial charge < -0.3 is 14.8 Å². The van der Waals surface area contributed by atoms with Gasteiger partial charge >= 0.3 is 12.1 Å². The fourth-order valence-electron chi connectivity index (χ4n) is 6.86. The van der Waals surface area contributed by atoms with Crippen molar-refractivity contribution >= 4 is 18.1 Å². The molecule has 1 aromatic carbocycles. The first kappa shape index (κ1) is 25.4. The fraction of sp³-hybridized carbons (Fsp3) is 0.500. The minimum Gasteiger partial charge on any atom is -0.462 e. The van der Waals surface area contributed by atoms with Gasteiger partial charge in [0.2, 0.25) is 0 Å². The van der Waals surface area contributed by atoms with E-state index < -0.39 is 0 Å². The highest BCUT2D eigenvalue weighted by molar-refractivity contribution is 5.75. The Bertz CT molecular complexity index is 1150. The molecule has 1 N–H and O–H groups in total. The van der Waals surface area contributed by atoms with Crippen molar-refractivity contribution in [3.63, 3.8) is 0 Å². The summed E-state index contributed by atoms with van der Waals surface area (Å²) in [7, 11) is 0. The van der Waals surface area contributed by atoms with E-state index in [9.17, 15) is 14.0 Å². The number of halogens is 1. The topological polar surface area (TPSA) is 77.5 Å². The Balaban J connectivity index is 1.31. The molecule has 3 aliphatic rings. The molecule has 5 rings (SSSR count). The highest BCUT2D eigenvalue weighted by Crippen LogP contribution is 2.54. The molecule has 7 atom stereocenters. The van der Waals surface area contributed by atoms with Crippen molar-refractivity contribution in [1.29, 1.82) is 0 Å². The van der Waals surface area contributed by atoms with Crippen molar-refractivity contribution in [3.05, 3.63) is 60.2 Å². The SMILES string of the molecule is CCOC(=O)NC[C@@H]1CC[C@@H]2[C@@H](C1)C[C@H]1C(=O)O[C@H](C)[C@H]1[C@H]2C=Cc1ccc(-c2cccc(F)c2)cn1. The number of amides is 1. The largest absolute Gasteiger partial charge is 0.462 e. The summed E-state index contributed by atoms with van der Waals surface area (Å²) in [6.45, 7) is 4.79. The van der Waals surface area contributed by atoms with Crippen LogP contribution < -0.4 is 5.32 Å². The van der Waals surface area contributed by atoms with E-state index >= 15 is 0 Å². The van der Waals surface area contributed by atoms with E-state index in [1.54, 1.807) is 19.2 Å². The second-order valence-electron chi connectivity index (χ2n) is 10.7. The first-order valence-electron chi connectivity index (χ1n) is 13.4. The van der Waals surface area contributed by atoms with Gasteiger partial charge in [-0.25, -0.2) is 9.18 Å². The standard InChI is InChI=1S/C30H35FN2O4/c1-3-36-30(35)33-16-19-7-11-25-22(13-19)15-27-28(18(2)37-29(27)34)26(25)12-10-24-9-8-21(17-32-24)20-5-4-6-23(31)14-20/h4-6,8-10,12,14,17-19,22,25-28H,3,7,11,13,15-16H2,1-2H3,(H,33,35)/t18-,19-,22+,25-,26+,27-,28+/m1/s1. The Morgan fingerprint density at radius 3 is 2.84 bits per heavy atom. The van der Waals surface area contributed by atoms with Crippen LogP contribution in [-0.2, 0) is 14.3 Å². The summed E-state index contributed by atoms with van der Waals surface area (Å²) in [4.78, 5) is 29.1. The van der Waals surface area contributed by atoms with Crippen LogP contribution in [0.5, 0.6) is 0 Å². The fourth-order valence-corrected chi connectivity index (χ4v) is 6.86. The number of allylic oxidation sites excluding steroid dienone is 1. The molecule has 2 heterocycles. The van der Waals surface area contributed by atoms with Gasteiger partial charge in [0.15, 0.2) is 0 Å². The van der Waals surface area contributed by atoms with Gasteiger partial charge in [-0.2, -0.15) is 0 Å². The van der Waals surface area contributed by atoms with E-state index in [1.807, 2.05) is 25.1 Å². The molecule has 0 spiro atoms. The van der Waals surface area contributed by atoms with Crippen molar-refractivity contribution in [3.8, 4) is 11.1 Å². The molecule has 2 aromatic rings. The van der Waals surface area contributed by atoms with Crippen LogP contribution in [0, 0.1) is 41.3 Å². The Morgan fingerprint density at radius 1 is 1.22 bits per heavy atom. The average molecular weight is 507 g/mol. The predicted octanol–water partition coefficient (Wildman–Crippen LogP) is 5.88. The summed E-state index contributed by atoms with van der Waals surface area (Å²) < 4.78 is 24.3. The molecule has 2 aliphatic carbocycles. The quantitative estimate of drug-likeness (QED) is 0.496. The van der Waals surface area contributed by atoms with Crippen LogP contribution in [0.3, 0.4) is 0 Å². The maximum Gasteiger partial charge on any atom is 0.407 e. The molecule has 196 valence electrons. The maximum absolute atomic E-state index is 13.6. The lowest BCUT2D eigenvalue weighted by Crippen LogP contribution is -2.45. The second kappa shape index (κ2) is 11.0. The molecule has 1 saturated heterocycles. The third-order valence-corrected chi connectivity index (χ3v) is 8.50. The van der Waals surface area contributed by atoms with Crippen molar-refractivity contribution < 1.29 is 23.5 Å². The van der Waals surface area contributed by atoms with E-state index in [-0.39, 0.29) is 41.7 Å². The summed E-state index contributed by atoms with van der Waals surface area (Å²) in [5.41, 5.74) is 2.50. The van der Waals surface area contributed by atoms with E-state index in [1.165, 1.54) is 12.1 Å². The number of aromatic nitrogens is 1. The zero-order chi connectivity index (χ0) is 25.9. The summed E-state index contributed by atoms with van der Waals surface area (Å²) in [6.07, 6.45) is 9.57. The zero-order valence-electron chi connectivity index (χ0n) is 21.4. The van der Waals surface area contributed by atoms with Crippen LogP contribution in [0.15, 0.2) is 48.7 Å². The van der Waals surface area contributed by atoms with Gasteiger partial charge in [-0.1, -0.05) is 24.3 Å². The summed E-state index contributed by atoms with van der Waals surface area (Å²) in [6, 6.07) is 10.4. The number of nitrogens with one attached hydrogen (secondary N) is 1. The average Bonchev–Trinajstić information content (AvgIpc) is 3.18. The van der Waals surface area contributed by atoms with Crippen LogP contribution >= 0.6 is 0 Å². The van der Waals surface area contributed by atoms with Crippen LogP contribution in [-0.4, -0.2) is 36.3 Å². The lowest BCUT2D eigenvalue weighted by molar-refractivity contribution is -0.144. The number of benzene rings is 1. The van der Waals surface area contributed by atoms with Gasteiger partial charge in [0.05, 0.1) is 18.2 Å². The third kappa shape index (κ3) is 5.55. The Morgan fingerprint density at radius 2 is 2.08 bits per heavy atom. The molecule has 7 heteroatoms. The lowest BCUT2D eigenvalue weighted by Gasteiger charge is -2.47. The first-order valence-corrected chi connectivity index (χ1v) is 13.4. The number of cyclic esters (lactones) is 1. The van der Waals surface area contributed by atoms with Gasteiger partial charge in [0, 0.05) is 24.2 Å². The molecule has 6 nitrogen and oxygen atoms in total. The van der Waals surface area contributed by atoms with Crippen molar-refractivity contribution in [2.24, 2.45) is 35.5 Å². The first-order chi connectivity index (χ1) is 17.9. The van der Waals surface area contributed by atoms with Crippen LogP contribution in [0.2, 0.25) is 0 Å². The number of hydrogen-bond acceptors (Lipinski definition) is 5. The second-order valence-corrected chi connectivity index (χ2v) is 10.7. The van der Waals surface area contributed by atoms with E-state index in [0.29, 0.717) is 30.9 Å². The molecule has 2 saturated carbocycles. The molecule has 1 aliphatic heterocycles. The van der Waals surface area contributed by atoms with E-state index in [0.717, 1.165) is 42.5 Å². The maximum atomic E-state index is 13.6. The molecule has 0 radical (unpaired) electrons. The number of nitrogens with zero attached hydrogens (tertiary/aromatic N) is 1. The van der Waals surface area contributed by atoms with Gasteiger partial charge in [0.1, 0.15) is 11.9 Å². The normalized spacial score (nSPS) is 30.9. The predicted molar refractivity (Wildman–Crippen MR) is 139 cm³/mol. The van der Waals surface area contributed by atoms with Crippen molar-refractivity contribution in [2.75, 3.05) is 13.2 Å². The number of ether oxygens (including phenoxy) is 2. The molecular formula is C30H35FN2O4. The number of carbonyl (C=O) groups excluding carboxylic acids is 2. The number of rotatable bonds is 6. The number of carbonyl (C=O) groups is 2. The summed E-state index contributed by atoms with van der Waals surface area (Å²) >= 11 is 0. The molecule has 1 amide bonds. The smallest absolute Gasteiger partial charge is 0.407 e. The van der Waals surface area contributed by atoms with E-state index in [4.69, 9.17) is 9.47 Å². The molecule has 37 heavy (non-hydrogen) atoms. The molecule has 0 bridgehead atoms. The van der Waals surface area contributed by atoms with Crippen molar-refractivity contribution in [2.45, 2.75) is 45.6 Å². The molecule has 1 aromatic heterocycles. The van der Waals surface area contributed by atoms with Crippen LogP contribution in [0.4, 0.5) is 9.18 Å². The van der Waals surface area contributed by atoms with Gasteiger partial charge in [-0.05, 0) is 93.0 Å². The third-order valence-electron chi connectivity index (χ3n) is 8.50. The Hall–Kier alpha value is -3.22. The molecular weight excluding hydrogens is 471 g/mol. The van der Waals surface area contributed by atoms with Gasteiger partial charge in [-0.3, -0.25) is 9.78 Å². The number of pyridine rings is 1. The monoisotopic (exact) mass is 506 g/mol. The van der Waals surface area contributed by atoms with Crippen LogP contribution in [0.25, 0.3) is 17.2 Å². The van der Waals surface area contributed by atoms with Crippen LogP contribution in [0.1, 0.15) is 45.2 Å². The lowest BCUT2D eigenvalue weighted by atomic mass is 9.56. The Kier molecular flexibility index (Phi) is 7.58. The highest BCUT2D eigenvalue weighted by Gasteiger charge is 2.54. The van der Waals surface area contributed by atoms with Gasteiger partial charge in [0.25, 0.3) is 0 Å². The number of alkyl carbamates (subject to hydrolysis) is 1. The van der Waals surface area contributed by atoms with Gasteiger partial charge in [-0.15, -0.1) is 0 Å². The zero-order valence-corrected chi connectivity index (χ0v) is 21.4. The molecule has 0 unspecified atom stereocenters. The molecule has 3 fully saturated rings. The van der Waals surface area contributed by atoms with Crippen molar-refractivity contribution in [1.82, 2.24) is 10.3 Å².